The molecule has 1 N–H and O–H groups in total. The number of aryl methyl sites for hydroxylation is 1. The maximum absolute atomic E-state index is 10.7. The highest BCUT2D eigenvalue weighted by Crippen LogP contribution is 2.40. The van der Waals surface area contributed by atoms with Crippen LogP contribution < -0.4 is 0 Å². The number of hydrogen-bond acceptors (Lipinski definition) is 5. The molecule has 0 aliphatic heterocycles. The molecule has 0 radical (unpaired) electrons. The van der Waals surface area contributed by atoms with E-state index in [-0.39, 0.29) is 5.75 Å². The lowest BCUT2D eigenvalue weighted by molar-refractivity contribution is -0.133. The van der Waals surface area contributed by atoms with Crippen molar-refractivity contribution in [2.45, 2.75) is 31.0 Å². The summed E-state index contributed by atoms with van der Waals surface area (Å²) in [7, 11) is 0. The Kier molecular flexibility index (Phi) is 3.43. The third-order valence-electron chi connectivity index (χ3n) is 3.07. The van der Waals surface area contributed by atoms with E-state index in [0.29, 0.717) is 11.2 Å². The fourth-order valence-corrected chi connectivity index (χ4v) is 2.69. The van der Waals surface area contributed by atoms with Gasteiger partial charge in [-0.25, -0.2) is 0 Å². The predicted octanol–water partition coefficient (Wildman–Crippen LogP) is 2.16. The summed E-state index contributed by atoms with van der Waals surface area (Å²) in [5, 5.41) is 17.8. The van der Waals surface area contributed by atoms with Crippen LogP contribution in [0.4, 0.5) is 0 Å². The third kappa shape index (κ3) is 2.67. The molecule has 1 aliphatic rings. The van der Waals surface area contributed by atoms with Crippen molar-refractivity contribution in [3.63, 3.8) is 0 Å². The van der Waals surface area contributed by atoms with Crippen molar-refractivity contribution in [1.29, 1.82) is 0 Å². The average Bonchev–Trinajstić information content (AvgIpc) is 3.17. The topological polar surface area (TPSA) is 80.9 Å². The lowest BCUT2D eigenvalue weighted by Crippen LogP contribution is -2.03. The number of thioether (sulfide) groups is 1. The van der Waals surface area contributed by atoms with Gasteiger partial charge >= 0.3 is 5.97 Å². The van der Waals surface area contributed by atoms with Gasteiger partial charge in [-0.1, -0.05) is 11.8 Å². The SMILES string of the molecule is Cc1ccc(-c2nnc(SCC(=O)O)n2C2CC2)cn1. The highest BCUT2D eigenvalue weighted by molar-refractivity contribution is 7.99. The number of nitrogens with zero attached hydrogens (tertiary/aromatic N) is 4. The van der Waals surface area contributed by atoms with Gasteiger partial charge in [0, 0.05) is 23.5 Å². The standard InChI is InChI=1S/C13H14N4O2S/c1-8-2-3-9(6-14-8)12-15-16-13(20-7-11(18)19)17(12)10-4-5-10/h2-3,6,10H,4-5,7H2,1H3,(H,18,19). The van der Waals surface area contributed by atoms with Crippen molar-refractivity contribution in [3.05, 3.63) is 24.0 Å². The molecule has 104 valence electrons. The average molecular weight is 290 g/mol. The molecule has 2 aromatic heterocycles. The second kappa shape index (κ2) is 5.24. The Bertz CT molecular complexity index is 634. The van der Waals surface area contributed by atoms with E-state index >= 15 is 0 Å². The zero-order valence-electron chi connectivity index (χ0n) is 11.0. The van der Waals surface area contributed by atoms with E-state index in [0.717, 1.165) is 29.9 Å². The molecule has 6 nitrogen and oxygen atoms in total. The number of hydrogen-bond donors (Lipinski definition) is 1. The van der Waals surface area contributed by atoms with Gasteiger partial charge in [0.1, 0.15) is 0 Å². The van der Waals surface area contributed by atoms with Gasteiger partial charge in [0.2, 0.25) is 0 Å². The number of carboxylic acid groups (broad SMARTS) is 1. The monoisotopic (exact) mass is 290 g/mol. The second-order valence-electron chi connectivity index (χ2n) is 4.78. The highest BCUT2D eigenvalue weighted by atomic mass is 32.2. The molecule has 2 heterocycles. The normalized spacial score (nSPS) is 14.4. The van der Waals surface area contributed by atoms with Crippen LogP contribution in [0.5, 0.6) is 0 Å². The van der Waals surface area contributed by atoms with Crippen LogP contribution >= 0.6 is 11.8 Å². The summed E-state index contributed by atoms with van der Waals surface area (Å²) in [6.07, 6.45) is 3.96. The molecule has 0 aromatic carbocycles. The largest absolute Gasteiger partial charge is 0.481 e. The highest BCUT2D eigenvalue weighted by Gasteiger charge is 2.30. The fourth-order valence-electron chi connectivity index (χ4n) is 1.96. The molecular formula is C13H14N4O2S. The Morgan fingerprint density at radius 1 is 1.45 bits per heavy atom. The molecule has 1 saturated carbocycles. The van der Waals surface area contributed by atoms with E-state index < -0.39 is 5.97 Å². The molecule has 7 heteroatoms. The molecular weight excluding hydrogens is 276 g/mol. The van der Waals surface area contributed by atoms with Gasteiger partial charge in [0.15, 0.2) is 11.0 Å². The van der Waals surface area contributed by atoms with Gasteiger partial charge in [-0.05, 0) is 31.9 Å². The van der Waals surface area contributed by atoms with Crippen LogP contribution in [-0.4, -0.2) is 36.6 Å². The first-order valence-corrected chi connectivity index (χ1v) is 7.36. The Hall–Kier alpha value is -1.89. The minimum absolute atomic E-state index is 0.00298. The van der Waals surface area contributed by atoms with Gasteiger partial charge < -0.3 is 5.11 Å². The summed E-state index contributed by atoms with van der Waals surface area (Å²) >= 11 is 1.21. The predicted molar refractivity (Wildman–Crippen MR) is 74.6 cm³/mol. The van der Waals surface area contributed by atoms with Crippen molar-refractivity contribution < 1.29 is 9.90 Å². The van der Waals surface area contributed by atoms with Crippen molar-refractivity contribution >= 4 is 17.7 Å². The van der Waals surface area contributed by atoms with Crippen LogP contribution in [-0.2, 0) is 4.79 Å². The molecule has 0 amide bonds. The summed E-state index contributed by atoms with van der Waals surface area (Å²) in [6, 6.07) is 4.29. The molecule has 20 heavy (non-hydrogen) atoms. The number of aromatic nitrogens is 4. The lowest BCUT2D eigenvalue weighted by atomic mass is 10.2. The lowest BCUT2D eigenvalue weighted by Gasteiger charge is -2.08. The van der Waals surface area contributed by atoms with Gasteiger partial charge in [-0.3, -0.25) is 14.3 Å². The van der Waals surface area contributed by atoms with E-state index in [4.69, 9.17) is 5.11 Å². The van der Waals surface area contributed by atoms with Crippen molar-refractivity contribution in [2.75, 3.05) is 5.75 Å². The number of carboxylic acids is 1. The molecule has 0 spiro atoms. The van der Waals surface area contributed by atoms with Crippen molar-refractivity contribution in [2.24, 2.45) is 0 Å². The summed E-state index contributed by atoms with van der Waals surface area (Å²) in [5.41, 5.74) is 1.86. The smallest absolute Gasteiger partial charge is 0.313 e. The molecule has 3 rings (SSSR count). The number of pyridine rings is 1. The first-order chi connectivity index (χ1) is 9.65. The molecule has 1 aliphatic carbocycles. The maximum Gasteiger partial charge on any atom is 0.313 e. The second-order valence-corrected chi connectivity index (χ2v) is 5.72. The zero-order valence-corrected chi connectivity index (χ0v) is 11.8. The summed E-state index contributed by atoms with van der Waals surface area (Å²) in [6.45, 7) is 1.93. The molecule has 0 bridgehead atoms. The van der Waals surface area contributed by atoms with E-state index in [1.165, 1.54) is 11.8 Å². The van der Waals surface area contributed by atoms with Gasteiger partial charge in [0.25, 0.3) is 0 Å². The number of aliphatic carboxylic acids is 1. The fraction of sp³-hybridized carbons (Fsp3) is 0.385. The summed E-state index contributed by atoms with van der Waals surface area (Å²) in [4.78, 5) is 15.0. The molecule has 2 aromatic rings. The molecule has 0 saturated heterocycles. The Balaban J connectivity index is 1.94. The first-order valence-electron chi connectivity index (χ1n) is 6.37. The zero-order chi connectivity index (χ0) is 14.1. The van der Waals surface area contributed by atoms with Crippen LogP contribution in [0.2, 0.25) is 0 Å². The van der Waals surface area contributed by atoms with Gasteiger partial charge in [-0.15, -0.1) is 10.2 Å². The Labute approximate surface area is 120 Å². The molecule has 0 atom stereocenters. The third-order valence-corrected chi connectivity index (χ3v) is 4.00. The van der Waals surface area contributed by atoms with Crippen LogP contribution in [0, 0.1) is 6.92 Å². The Morgan fingerprint density at radius 3 is 2.85 bits per heavy atom. The summed E-state index contributed by atoms with van der Waals surface area (Å²) < 4.78 is 2.04. The van der Waals surface area contributed by atoms with Crippen LogP contribution in [0.1, 0.15) is 24.6 Å². The molecule has 1 fully saturated rings. The quantitative estimate of drug-likeness (QED) is 0.850. The van der Waals surface area contributed by atoms with Crippen LogP contribution in [0.25, 0.3) is 11.4 Å². The van der Waals surface area contributed by atoms with E-state index in [9.17, 15) is 4.79 Å². The Morgan fingerprint density at radius 2 is 2.25 bits per heavy atom. The van der Waals surface area contributed by atoms with E-state index in [2.05, 4.69) is 15.2 Å². The minimum atomic E-state index is -0.848. The van der Waals surface area contributed by atoms with Crippen LogP contribution in [0.15, 0.2) is 23.5 Å². The van der Waals surface area contributed by atoms with Crippen molar-refractivity contribution in [3.8, 4) is 11.4 Å². The van der Waals surface area contributed by atoms with Crippen LogP contribution in [0.3, 0.4) is 0 Å². The number of rotatable bonds is 5. The molecule has 0 unspecified atom stereocenters. The number of carbonyl (C=O) groups is 1. The van der Waals surface area contributed by atoms with Gasteiger partial charge in [0.05, 0.1) is 5.75 Å². The minimum Gasteiger partial charge on any atom is -0.481 e. The maximum atomic E-state index is 10.7. The van der Waals surface area contributed by atoms with Crippen molar-refractivity contribution in [1.82, 2.24) is 19.7 Å². The van der Waals surface area contributed by atoms with E-state index in [1.54, 1.807) is 6.20 Å². The first kappa shape index (κ1) is 13.1. The van der Waals surface area contributed by atoms with Gasteiger partial charge in [-0.2, -0.15) is 0 Å². The van der Waals surface area contributed by atoms with E-state index in [1.807, 2.05) is 23.6 Å². The summed E-state index contributed by atoms with van der Waals surface area (Å²) in [5.74, 6) is -0.0800.